The van der Waals surface area contributed by atoms with Crippen LogP contribution in [0.25, 0.3) is 0 Å². The van der Waals surface area contributed by atoms with E-state index in [1.54, 1.807) is 0 Å². The van der Waals surface area contributed by atoms with Crippen molar-refractivity contribution in [2.75, 3.05) is 20.0 Å². The molecule has 0 amide bonds. The fourth-order valence-corrected chi connectivity index (χ4v) is 5.38. The lowest BCUT2D eigenvalue weighted by molar-refractivity contribution is 0.0987. The Morgan fingerprint density at radius 1 is 1.27 bits per heavy atom. The third kappa shape index (κ3) is 4.04. The second-order valence-electron chi connectivity index (χ2n) is 7.84. The molecule has 1 saturated carbocycles. The zero-order valence-corrected chi connectivity index (χ0v) is 18.0. The third-order valence-corrected chi connectivity index (χ3v) is 7.05. The van der Waals surface area contributed by atoms with Crippen molar-refractivity contribution in [1.29, 1.82) is 0 Å². The van der Waals surface area contributed by atoms with Crippen LogP contribution < -0.4 is 10.5 Å². The molecule has 33 heavy (non-hydrogen) atoms. The number of amidine groups is 1. The largest absolute Gasteiger partial charge is 0.463 e. The topological polar surface area (TPSA) is 90.5 Å². The number of ketones is 1. The lowest BCUT2D eigenvalue weighted by Crippen LogP contribution is -2.41. The summed E-state index contributed by atoms with van der Waals surface area (Å²) in [6.07, 6.45) is 7.32. The highest BCUT2D eigenvalue weighted by Crippen LogP contribution is 2.66. The Morgan fingerprint density at radius 2 is 2.06 bits per heavy atom. The molecular weight excluding hydrogens is 460 g/mol. The number of thioether (sulfide) groups is 1. The monoisotopic (exact) mass is 478 g/mol. The van der Waals surface area contributed by atoms with Crippen molar-refractivity contribution in [3.8, 4) is 18.2 Å². The summed E-state index contributed by atoms with van der Waals surface area (Å²) >= 11 is 0.983. The van der Waals surface area contributed by atoms with E-state index in [0.717, 1.165) is 17.8 Å². The van der Waals surface area contributed by atoms with Gasteiger partial charge >= 0.3 is 0 Å². The summed E-state index contributed by atoms with van der Waals surface area (Å²) in [4.78, 5) is 24.6. The first kappa shape index (κ1) is 23.0. The first-order chi connectivity index (χ1) is 15.8. The first-order valence-corrected chi connectivity index (χ1v) is 10.7. The molecule has 1 fully saturated rings. The number of aliphatic imine (C=N–C) groups is 1. The van der Waals surface area contributed by atoms with E-state index in [2.05, 4.69) is 20.9 Å². The quantitative estimate of drug-likeness (QED) is 0.356. The fourth-order valence-electron chi connectivity index (χ4n) is 4.12. The molecule has 1 aromatic carbocycles. The average Bonchev–Trinajstić information content (AvgIpc) is 3.55. The number of Topliss-reactive ketones (excluding diaryl/α,β-unsaturated/α-hetero) is 1. The molecule has 2 aromatic rings. The number of fused-ring (bicyclic) bond motifs is 1. The van der Waals surface area contributed by atoms with Gasteiger partial charge in [0, 0.05) is 17.9 Å². The molecule has 1 aliphatic heterocycles. The van der Waals surface area contributed by atoms with Crippen LogP contribution in [0.1, 0.15) is 28.0 Å². The van der Waals surface area contributed by atoms with Crippen molar-refractivity contribution in [3.63, 3.8) is 0 Å². The van der Waals surface area contributed by atoms with E-state index < -0.39 is 47.0 Å². The third-order valence-electron chi connectivity index (χ3n) is 5.78. The smallest absolute Gasteiger partial charge is 0.233 e. The minimum absolute atomic E-state index is 0.0217. The van der Waals surface area contributed by atoms with Crippen molar-refractivity contribution in [3.05, 3.63) is 53.0 Å². The number of hydrogen-bond donors (Lipinski definition) is 1. The molecule has 2 aliphatic rings. The van der Waals surface area contributed by atoms with Gasteiger partial charge in [-0.3, -0.25) is 4.79 Å². The Hall–Kier alpha value is -3.13. The second kappa shape index (κ2) is 8.67. The second-order valence-corrected chi connectivity index (χ2v) is 9.27. The summed E-state index contributed by atoms with van der Waals surface area (Å²) < 4.78 is 61.5. The molecule has 1 aliphatic carbocycles. The summed E-state index contributed by atoms with van der Waals surface area (Å²) in [7, 11) is 0. The number of terminal acetylenes is 1. The van der Waals surface area contributed by atoms with Crippen LogP contribution in [0.4, 0.5) is 17.6 Å². The lowest BCUT2D eigenvalue weighted by Gasteiger charge is -2.34. The van der Waals surface area contributed by atoms with Crippen LogP contribution in [-0.2, 0) is 12.0 Å². The number of carbonyl (C=O) groups excluding carboxylic acids is 1. The molecule has 4 rings (SSSR count). The zero-order chi connectivity index (χ0) is 23.8. The van der Waals surface area contributed by atoms with Crippen LogP contribution >= 0.6 is 11.8 Å². The summed E-state index contributed by atoms with van der Waals surface area (Å²) in [5, 5.41) is -0.0947. The number of ether oxygens (including phenoxy) is 1. The van der Waals surface area contributed by atoms with E-state index in [-0.39, 0.29) is 47.3 Å². The van der Waals surface area contributed by atoms with E-state index >= 15 is 0 Å². The first-order valence-electron chi connectivity index (χ1n) is 9.84. The van der Waals surface area contributed by atoms with Gasteiger partial charge in [-0.25, -0.2) is 32.5 Å². The number of rotatable bonds is 8. The molecule has 0 saturated heterocycles. The predicted molar refractivity (Wildman–Crippen MR) is 114 cm³/mol. The highest BCUT2D eigenvalue weighted by atomic mass is 32.2. The highest BCUT2D eigenvalue weighted by molar-refractivity contribution is 8.15. The van der Waals surface area contributed by atoms with E-state index in [4.69, 9.17) is 16.9 Å². The number of carbonyl (C=O) groups is 1. The van der Waals surface area contributed by atoms with E-state index in [1.165, 1.54) is 18.5 Å². The summed E-state index contributed by atoms with van der Waals surface area (Å²) in [6.45, 7) is -2.02. The minimum Gasteiger partial charge on any atom is -0.463 e. The van der Waals surface area contributed by atoms with Gasteiger partial charge in [0.1, 0.15) is 24.6 Å². The van der Waals surface area contributed by atoms with E-state index in [1.807, 2.05) is 0 Å². The molecular formula is C22H18F4N4O2S. The molecule has 6 nitrogen and oxygen atoms in total. The summed E-state index contributed by atoms with van der Waals surface area (Å²) in [5.74, 6) is -1.43. The van der Waals surface area contributed by atoms with Crippen molar-refractivity contribution < 1.29 is 27.1 Å². The number of hydrogen-bond acceptors (Lipinski definition) is 7. The number of halogens is 4. The predicted octanol–water partition coefficient (Wildman–Crippen LogP) is 3.15. The average molecular weight is 478 g/mol. The van der Waals surface area contributed by atoms with E-state index in [0.29, 0.717) is 0 Å². The molecule has 0 bridgehead atoms. The van der Waals surface area contributed by atoms with Gasteiger partial charge in [0.25, 0.3) is 0 Å². The van der Waals surface area contributed by atoms with Gasteiger partial charge in [-0.1, -0.05) is 17.7 Å². The van der Waals surface area contributed by atoms with Gasteiger partial charge in [-0.15, -0.1) is 6.42 Å². The molecule has 11 heteroatoms. The van der Waals surface area contributed by atoms with Crippen LogP contribution in [0.3, 0.4) is 0 Å². The van der Waals surface area contributed by atoms with Gasteiger partial charge in [0.15, 0.2) is 29.2 Å². The Bertz CT molecular complexity index is 1170. The van der Waals surface area contributed by atoms with Crippen LogP contribution in [0.15, 0.2) is 29.5 Å². The molecule has 2 heterocycles. The maximum absolute atomic E-state index is 14.9. The molecule has 3 atom stereocenters. The standard InChI is InChI=1S/C22H18F4N4O2S/c1-2-3-32-18-9-28-15(8-29-18)16(31)6-12-4-13(19(26)14(25)5-12)22(11-24)17-7-21(17,10-23)33-20(27)30-22/h1,4-5,8-9,17H,3,6-7,10-11H2,(H2,27,30)/t17-,21-,22-/m1/s1. The van der Waals surface area contributed by atoms with E-state index in [9.17, 15) is 22.4 Å². The molecule has 0 radical (unpaired) electrons. The van der Waals surface area contributed by atoms with Crippen LogP contribution in [0.5, 0.6) is 5.88 Å². The maximum Gasteiger partial charge on any atom is 0.233 e. The van der Waals surface area contributed by atoms with Gasteiger partial charge in [-0.2, -0.15) is 0 Å². The van der Waals surface area contributed by atoms with Crippen LogP contribution in [-0.4, -0.2) is 45.6 Å². The van der Waals surface area contributed by atoms with Crippen molar-refractivity contribution >= 4 is 22.7 Å². The molecule has 2 N–H and O–H groups in total. The zero-order valence-electron chi connectivity index (χ0n) is 17.2. The number of alkyl halides is 2. The summed E-state index contributed by atoms with van der Waals surface area (Å²) in [6, 6.07) is 2.03. The van der Waals surface area contributed by atoms with Gasteiger partial charge < -0.3 is 10.5 Å². The van der Waals surface area contributed by atoms with Gasteiger partial charge in [-0.05, 0) is 24.1 Å². The molecule has 0 spiro atoms. The maximum atomic E-state index is 14.9. The Morgan fingerprint density at radius 3 is 2.70 bits per heavy atom. The number of nitrogens with two attached hydrogens (primary N) is 1. The lowest BCUT2D eigenvalue weighted by atomic mass is 9.83. The molecule has 172 valence electrons. The molecule has 1 aromatic heterocycles. The SMILES string of the molecule is C#CCOc1cnc(C(=O)Cc2cc(F)c(F)c([C@@]3(CF)N=C(N)S[C@@]4(CF)C[C@H]43)c2)cn1. The highest BCUT2D eigenvalue weighted by Gasteiger charge is 2.68. The Labute approximate surface area is 191 Å². The van der Waals surface area contributed by atoms with Crippen molar-refractivity contribution in [2.24, 2.45) is 16.6 Å². The van der Waals surface area contributed by atoms with Gasteiger partial charge in [0.05, 0.1) is 17.1 Å². The van der Waals surface area contributed by atoms with Crippen LogP contribution in [0.2, 0.25) is 0 Å². The van der Waals surface area contributed by atoms with Crippen LogP contribution in [0, 0.1) is 29.9 Å². The number of benzene rings is 1. The molecule has 0 unspecified atom stereocenters. The Balaban J connectivity index is 1.65. The van der Waals surface area contributed by atoms with Gasteiger partial charge in [0.2, 0.25) is 5.88 Å². The number of aromatic nitrogens is 2. The van der Waals surface area contributed by atoms with Crippen molar-refractivity contribution in [1.82, 2.24) is 9.97 Å². The van der Waals surface area contributed by atoms with Crippen molar-refractivity contribution in [2.45, 2.75) is 23.1 Å². The fraction of sp³-hybridized carbons (Fsp3) is 0.364. The normalized spacial score (nSPS) is 25.5. The summed E-state index contributed by atoms with van der Waals surface area (Å²) in [5.41, 5.74) is 3.59. The Kier molecular flexibility index (Phi) is 6.05. The minimum atomic E-state index is -1.86. The number of nitrogens with zero attached hydrogens (tertiary/aromatic N) is 3.